The Morgan fingerprint density at radius 3 is 1.16 bits per heavy atom. The smallest absolute Gasteiger partial charge is 0.131 e. The van der Waals surface area contributed by atoms with E-state index in [9.17, 15) is 0 Å². The quantitative estimate of drug-likeness (QED) is 0.294. The Hall–Kier alpha value is -3.92. The molecule has 5 aromatic carbocycles. The summed E-state index contributed by atoms with van der Waals surface area (Å²) in [5.41, 5.74) is 1.29. The van der Waals surface area contributed by atoms with E-state index in [0.29, 0.717) is 22.6 Å². The highest BCUT2D eigenvalue weighted by atomic mass is 19.1. The van der Waals surface area contributed by atoms with Crippen molar-refractivity contribution in [3.63, 3.8) is 0 Å². The first kappa shape index (κ1) is 20.0. The van der Waals surface area contributed by atoms with Crippen LogP contribution in [0.5, 0.6) is 11.5 Å². The minimum Gasteiger partial charge on any atom is -0.496 e. The lowest BCUT2D eigenvalue weighted by Crippen LogP contribution is -1.96. The molecule has 0 heterocycles. The molecule has 0 radical (unpaired) electrons. The molecule has 0 N–H and O–H groups in total. The molecule has 158 valence electrons. The second-order valence-electron chi connectivity index (χ2n) is 7.61. The summed E-state index contributed by atoms with van der Waals surface area (Å²) < 4.78 is 41.8. The van der Waals surface area contributed by atoms with E-state index in [0.717, 1.165) is 21.5 Å². The van der Waals surface area contributed by atoms with Crippen LogP contribution < -0.4 is 9.47 Å². The molecule has 0 atom stereocenters. The number of ether oxygens (including phenoxy) is 2. The van der Waals surface area contributed by atoms with E-state index in [-0.39, 0.29) is 11.1 Å². The van der Waals surface area contributed by atoms with E-state index in [4.69, 9.17) is 9.47 Å². The molecule has 0 aliphatic heterocycles. The summed E-state index contributed by atoms with van der Waals surface area (Å²) >= 11 is 0. The van der Waals surface area contributed by atoms with Crippen LogP contribution >= 0.6 is 0 Å². The fourth-order valence-corrected chi connectivity index (χ4v) is 4.16. The van der Waals surface area contributed by atoms with Crippen molar-refractivity contribution in [3.05, 3.63) is 96.6 Å². The maximum atomic E-state index is 15.4. The molecule has 0 aliphatic rings. The highest BCUT2D eigenvalue weighted by Crippen LogP contribution is 2.40. The molecule has 0 aliphatic carbocycles. The van der Waals surface area contributed by atoms with Gasteiger partial charge >= 0.3 is 0 Å². The Labute approximate surface area is 184 Å². The normalized spacial score (nSPS) is 11.1. The summed E-state index contributed by atoms with van der Waals surface area (Å²) in [7, 11) is 3.05. The molecule has 2 nitrogen and oxygen atoms in total. The lowest BCUT2D eigenvalue weighted by molar-refractivity contribution is 0.416. The van der Waals surface area contributed by atoms with Gasteiger partial charge in [-0.15, -0.1) is 0 Å². The van der Waals surface area contributed by atoms with Gasteiger partial charge in [0.15, 0.2) is 0 Å². The highest BCUT2D eigenvalue weighted by molar-refractivity contribution is 5.93. The van der Waals surface area contributed by atoms with Crippen molar-refractivity contribution in [3.8, 4) is 33.8 Å². The van der Waals surface area contributed by atoms with Gasteiger partial charge in [-0.05, 0) is 57.9 Å². The van der Waals surface area contributed by atoms with E-state index in [1.54, 1.807) is 0 Å². The molecule has 0 amide bonds. The van der Waals surface area contributed by atoms with Gasteiger partial charge in [0.25, 0.3) is 0 Å². The highest BCUT2D eigenvalue weighted by Gasteiger charge is 2.19. The number of hydrogen-bond donors (Lipinski definition) is 0. The Morgan fingerprint density at radius 1 is 0.469 bits per heavy atom. The average molecular weight is 426 g/mol. The maximum absolute atomic E-state index is 15.4. The first-order valence-corrected chi connectivity index (χ1v) is 10.2. The molecular formula is C28H20F2O2. The van der Waals surface area contributed by atoms with Gasteiger partial charge < -0.3 is 9.47 Å². The van der Waals surface area contributed by atoms with Crippen LogP contribution in [0.25, 0.3) is 43.8 Å². The summed E-state index contributed by atoms with van der Waals surface area (Å²) in [6.45, 7) is 0. The Bertz CT molecular complexity index is 1360. The van der Waals surface area contributed by atoms with E-state index in [1.165, 1.54) is 26.4 Å². The number of fused-ring (bicyclic) bond motifs is 2. The maximum Gasteiger partial charge on any atom is 0.131 e. The molecule has 0 saturated carbocycles. The monoisotopic (exact) mass is 426 g/mol. The van der Waals surface area contributed by atoms with Crippen molar-refractivity contribution in [2.24, 2.45) is 0 Å². The fraction of sp³-hybridized carbons (Fsp3) is 0.0714. The molecule has 4 heteroatoms. The summed E-state index contributed by atoms with van der Waals surface area (Å²) in [4.78, 5) is 0. The van der Waals surface area contributed by atoms with Gasteiger partial charge in [0.2, 0.25) is 0 Å². The summed E-state index contributed by atoms with van der Waals surface area (Å²) in [6, 6.07) is 25.2. The predicted molar refractivity (Wildman–Crippen MR) is 125 cm³/mol. The van der Waals surface area contributed by atoms with Crippen LogP contribution in [0.15, 0.2) is 84.9 Å². The molecule has 0 bridgehead atoms. The van der Waals surface area contributed by atoms with Crippen LogP contribution in [0.1, 0.15) is 0 Å². The fourth-order valence-electron chi connectivity index (χ4n) is 4.16. The molecular weight excluding hydrogens is 406 g/mol. The summed E-state index contributed by atoms with van der Waals surface area (Å²) in [5, 5.41) is 3.77. The second-order valence-corrected chi connectivity index (χ2v) is 7.61. The zero-order valence-electron chi connectivity index (χ0n) is 17.7. The van der Waals surface area contributed by atoms with Gasteiger partial charge in [0, 0.05) is 22.3 Å². The molecule has 0 aromatic heterocycles. The van der Waals surface area contributed by atoms with Gasteiger partial charge in [-0.1, -0.05) is 48.5 Å². The SMILES string of the molecule is COc1cc2ccccc2cc1-c1cc(F)c(-c2cc3ccccc3cc2OC)cc1F. The van der Waals surface area contributed by atoms with Gasteiger partial charge in [0.05, 0.1) is 14.2 Å². The topological polar surface area (TPSA) is 18.5 Å². The van der Waals surface area contributed by atoms with Crippen LogP contribution in [0.4, 0.5) is 8.78 Å². The first-order valence-electron chi connectivity index (χ1n) is 10.2. The standard InChI is InChI=1S/C28H20F2O2/c1-31-27-13-19-9-5-3-7-17(19)11-23(27)21-15-26(30)22(16-25(21)29)24-12-18-8-4-6-10-20(18)14-28(24)32-2/h3-16H,1-2H3. The Kier molecular flexibility index (Phi) is 4.98. The van der Waals surface area contributed by atoms with Gasteiger partial charge in [0.1, 0.15) is 23.1 Å². The molecule has 5 rings (SSSR count). The molecule has 32 heavy (non-hydrogen) atoms. The number of hydrogen-bond acceptors (Lipinski definition) is 2. The number of methoxy groups -OCH3 is 2. The van der Waals surface area contributed by atoms with Crippen molar-refractivity contribution >= 4 is 21.5 Å². The largest absolute Gasteiger partial charge is 0.496 e. The van der Waals surface area contributed by atoms with Crippen LogP contribution in [-0.2, 0) is 0 Å². The van der Waals surface area contributed by atoms with E-state index in [2.05, 4.69) is 0 Å². The van der Waals surface area contributed by atoms with Crippen molar-refractivity contribution in [2.75, 3.05) is 14.2 Å². The molecule has 0 fully saturated rings. The minimum atomic E-state index is -0.537. The van der Waals surface area contributed by atoms with Gasteiger partial charge in [-0.2, -0.15) is 0 Å². The molecule has 0 saturated heterocycles. The molecule has 0 spiro atoms. The predicted octanol–water partition coefficient (Wildman–Crippen LogP) is 7.62. The van der Waals surface area contributed by atoms with Crippen molar-refractivity contribution in [1.29, 1.82) is 0 Å². The average Bonchev–Trinajstić information content (AvgIpc) is 2.83. The lowest BCUT2D eigenvalue weighted by atomic mass is 9.95. The van der Waals surface area contributed by atoms with Crippen molar-refractivity contribution in [1.82, 2.24) is 0 Å². The Balaban J connectivity index is 1.70. The van der Waals surface area contributed by atoms with Crippen LogP contribution in [0.2, 0.25) is 0 Å². The zero-order valence-corrected chi connectivity index (χ0v) is 17.7. The van der Waals surface area contributed by atoms with Crippen LogP contribution in [0, 0.1) is 11.6 Å². The van der Waals surface area contributed by atoms with Gasteiger partial charge in [-0.3, -0.25) is 0 Å². The summed E-state index contributed by atoms with van der Waals surface area (Å²) in [6.07, 6.45) is 0. The number of halogens is 2. The lowest BCUT2D eigenvalue weighted by Gasteiger charge is -2.15. The van der Waals surface area contributed by atoms with Gasteiger partial charge in [-0.25, -0.2) is 8.78 Å². The Morgan fingerprint density at radius 2 is 0.812 bits per heavy atom. The number of benzene rings is 5. The van der Waals surface area contributed by atoms with Crippen LogP contribution in [0.3, 0.4) is 0 Å². The third-order valence-corrected chi connectivity index (χ3v) is 5.77. The summed E-state index contributed by atoms with van der Waals surface area (Å²) in [5.74, 6) is -0.105. The minimum absolute atomic E-state index is 0.147. The van der Waals surface area contributed by atoms with Crippen LogP contribution in [-0.4, -0.2) is 14.2 Å². The van der Waals surface area contributed by atoms with E-state index >= 15 is 8.78 Å². The zero-order chi connectivity index (χ0) is 22.2. The second kappa shape index (κ2) is 7.97. The first-order chi connectivity index (χ1) is 15.6. The number of rotatable bonds is 4. The van der Waals surface area contributed by atoms with E-state index in [1.807, 2.05) is 72.8 Å². The molecule has 0 unspecified atom stereocenters. The third kappa shape index (κ3) is 3.34. The third-order valence-electron chi connectivity index (χ3n) is 5.77. The van der Waals surface area contributed by atoms with Crippen molar-refractivity contribution < 1.29 is 18.3 Å². The van der Waals surface area contributed by atoms with E-state index < -0.39 is 11.6 Å². The molecule has 5 aromatic rings. The van der Waals surface area contributed by atoms with Crippen molar-refractivity contribution in [2.45, 2.75) is 0 Å².